The van der Waals surface area contributed by atoms with Gasteiger partial charge in [-0.05, 0) is 25.5 Å². The number of nitro groups is 1. The second-order valence-electron chi connectivity index (χ2n) is 7.26. The van der Waals surface area contributed by atoms with E-state index in [4.69, 9.17) is 5.73 Å². The summed E-state index contributed by atoms with van der Waals surface area (Å²) in [5.41, 5.74) is 7.89. The number of nitro benzene ring substituents is 1. The van der Waals surface area contributed by atoms with E-state index in [9.17, 15) is 14.9 Å². The minimum atomic E-state index is -0.372. The molecule has 11 heteroatoms. The number of carbonyl (C=O) groups is 1. The number of benzene rings is 1. The lowest BCUT2D eigenvalue weighted by molar-refractivity contribution is -0.384. The molecule has 0 bridgehead atoms. The van der Waals surface area contributed by atoms with Gasteiger partial charge in [0.25, 0.3) is 5.69 Å². The van der Waals surface area contributed by atoms with Crippen molar-refractivity contribution in [3.8, 4) is 0 Å². The highest BCUT2D eigenvalue weighted by atomic mass is 32.2. The number of fused-ring (bicyclic) bond motifs is 1. The van der Waals surface area contributed by atoms with Crippen LogP contribution in [0, 0.1) is 24.0 Å². The summed E-state index contributed by atoms with van der Waals surface area (Å²) in [7, 11) is 0. The molecule has 0 unspecified atom stereocenters. The zero-order valence-corrected chi connectivity index (χ0v) is 18.8. The number of thiophene rings is 1. The predicted octanol–water partition coefficient (Wildman–Crippen LogP) is 3.24. The quantitative estimate of drug-likeness (QED) is 0.268. The Morgan fingerprint density at radius 1 is 1.23 bits per heavy atom. The number of hydrogen-bond acceptors (Lipinski definition) is 9. The van der Waals surface area contributed by atoms with Crippen LogP contribution in [-0.2, 0) is 4.79 Å². The van der Waals surface area contributed by atoms with Crippen LogP contribution in [-0.4, -0.2) is 57.6 Å². The van der Waals surface area contributed by atoms with E-state index in [0.29, 0.717) is 42.8 Å². The van der Waals surface area contributed by atoms with E-state index >= 15 is 0 Å². The molecule has 162 valence electrons. The lowest BCUT2D eigenvalue weighted by Crippen LogP contribution is -2.49. The maximum atomic E-state index is 12.7. The first-order valence-electron chi connectivity index (χ1n) is 9.77. The molecule has 9 nitrogen and oxygen atoms in total. The van der Waals surface area contributed by atoms with Crippen LogP contribution in [0.4, 0.5) is 17.2 Å². The molecule has 0 spiro atoms. The molecule has 0 atom stereocenters. The van der Waals surface area contributed by atoms with Gasteiger partial charge in [-0.15, -0.1) is 11.3 Å². The van der Waals surface area contributed by atoms with E-state index in [1.807, 2.05) is 18.7 Å². The summed E-state index contributed by atoms with van der Waals surface area (Å²) in [6.45, 7) is 6.15. The molecule has 3 aromatic rings. The monoisotopic (exact) mass is 458 g/mol. The molecule has 4 rings (SSSR count). The third-order valence-corrected chi connectivity index (χ3v) is 7.35. The number of hydrogen-bond donors (Lipinski definition) is 1. The number of para-hydroxylation sites is 2. The van der Waals surface area contributed by atoms with Gasteiger partial charge >= 0.3 is 0 Å². The summed E-state index contributed by atoms with van der Waals surface area (Å²) < 4.78 is 0. The van der Waals surface area contributed by atoms with Crippen LogP contribution < -0.4 is 10.6 Å². The number of anilines is 2. The highest BCUT2D eigenvalue weighted by Gasteiger charge is 2.25. The molecule has 1 fully saturated rings. The van der Waals surface area contributed by atoms with Crippen molar-refractivity contribution in [3.05, 3.63) is 44.8 Å². The Morgan fingerprint density at radius 2 is 1.94 bits per heavy atom. The Balaban J connectivity index is 1.37. The fourth-order valence-electron chi connectivity index (χ4n) is 3.63. The summed E-state index contributed by atoms with van der Waals surface area (Å²) in [5, 5.41) is 12.7. The second kappa shape index (κ2) is 8.67. The number of nitrogens with two attached hydrogens (primary N) is 1. The first kappa shape index (κ1) is 21.3. The third kappa shape index (κ3) is 4.28. The number of amides is 1. The highest BCUT2D eigenvalue weighted by Crippen LogP contribution is 2.33. The summed E-state index contributed by atoms with van der Waals surface area (Å²) >= 11 is 2.86. The van der Waals surface area contributed by atoms with Crippen molar-refractivity contribution in [3.63, 3.8) is 0 Å². The van der Waals surface area contributed by atoms with Crippen molar-refractivity contribution in [2.24, 2.45) is 0 Å². The maximum Gasteiger partial charge on any atom is 0.292 e. The van der Waals surface area contributed by atoms with Gasteiger partial charge in [-0.25, -0.2) is 9.97 Å². The number of piperazine rings is 1. The Labute approximate surface area is 187 Å². The molecule has 0 aliphatic carbocycles. The van der Waals surface area contributed by atoms with Crippen molar-refractivity contribution in [1.82, 2.24) is 14.9 Å². The SMILES string of the molecule is Cc1sc2nc(SCC(=O)N3CCN(c4ccccc4[N+](=O)[O-])CC3)nc(N)c2c1C. The second-order valence-corrected chi connectivity index (χ2v) is 9.40. The summed E-state index contributed by atoms with van der Waals surface area (Å²) in [5.74, 6) is 0.660. The van der Waals surface area contributed by atoms with Gasteiger partial charge in [0, 0.05) is 37.1 Å². The molecule has 1 amide bonds. The topological polar surface area (TPSA) is 118 Å². The average Bonchev–Trinajstić information content (AvgIpc) is 3.06. The molecule has 0 radical (unpaired) electrons. The van der Waals surface area contributed by atoms with Crippen LogP contribution in [0.15, 0.2) is 29.4 Å². The molecule has 0 saturated carbocycles. The van der Waals surface area contributed by atoms with Crippen molar-refractivity contribution >= 4 is 56.4 Å². The Kier molecular flexibility index (Phi) is 5.96. The van der Waals surface area contributed by atoms with Crippen molar-refractivity contribution in [1.29, 1.82) is 0 Å². The molecular weight excluding hydrogens is 436 g/mol. The molecule has 31 heavy (non-hydrogen) atoms. The van der Waals surface area contributed by atoms with E-state index in [1.54, 1.807) is 34.4 Å². The van der Waals surface area contributed by atoms with E-state index in [0.717, 1.165) is 20.7 Å². The maximum absolute atomic E-state index is 12.7. The minimum Gasteiger partial charge on any atom is -0.383 e. The number of thioether (sulfide) groups is 1. The Bertz CT molecular complexity index is 1160. The summed E-state index contributed by atoms with van der Waals surface area (Å²) in [4.78, 5) is 38.2. The largest absolute Gasteiger partial charge is 0.383 e. The number of carbonyl (C=O) groups excluding carboxylic acids is 1. The Morgan fingerprint density at radius 3 is 2.65 bits per heavy atom. The van der Waals surface area contributed by atoms with Crippen molar-refractivity contribution in [2.45, 2.75) is 19.0 Å². The van der Waals surface area contributed by atoms with E-state index in [1.165, 1.54) is 17.8 Å². The van der Waals surface area contributed by atoms with Crippen LogP contribution in [0.25, 0.3) is 10.2 Å². The van der Waals surface area contributed by atoms with Crippen LogP contribution in [0.3, 0.4) is 0 Å². The first-order valence-corrected chi connectivity index (χ1v) is 11.6. The van der Waals surface area contributed by atoms with Crippen LogP contribution >= 0.6 is 23.1 Å². The number of rotatable bonds is 5. The normalized spacial score (nSPS) is 14.3. The van der Waals surface area contributed by atoms with Gasteiger partial charge < -0.3 is 15.5 Å². The van der Waals surface area contributed by atoms with Gasteiger partial charge in [0.2, 0.25) is 5.91 Å². The molecule has 2 N–H and O–H groups in total. The number of aromatic nitrogens is 2. The van der Waals surface area contributed by atoms with E-state index in [-0.39, 0.29) is 22.3 Å². The predicted molar refractivity (Wildman–Crippen MR) is 124 cm³/mol. The third-order valence-electron chi connectivity index (χ3n) is 5.41. The molecule has 1 aliphatic heterocycles. The zero-order valence-electron chi connectivity index (χ0n) is 17.2. The fraction of sp³-hybridized carbons (Fsp3) is 0.350. The lowest BCUT2D eigenvalue weighted by Gasteiger charge is -2.35. The van der Waals surface area contributed by atoms with Gasteiger partial charge in [-0.1, -0.05) is 23.9 Å². The average molecular weight is 459 g/mol. The number of nitrogens with zero attached hydrogens (tertiary/aromatic N) is 5. The van der Waals surface area contributed by atoms with Crippen molar-refractivity contribution in [2.75, 3.05) is 42.6 Å². The van der Waals surface area contributed by atoms with Crippen molar-refractivity contribution < 1.29 is 9.72 Å². The highest BCUT2D eigenvalue weighted by molar-refractivity contribution is 7.99. The zero-order chi connectivity index (χ0) is 22.1. The molecule has 2 aromatic heterocycles. The first-order chi connectivity index (χ1) is 14.8. The van der Waals surface area contributed by atoms with E-state index < -0.39 is 0 Å². The van der Waals surface area contributed by atoms with Gasteiger partial charge in [0.15, 0.2) is 5.16 Å². The molecular formula is C20H22N6O3S2. The number of aryl methyl sites for hydroxylation is 2. The molecule has 1 aliphatic rings. The van der Waals surface area contributed by atoms with E-state index in [2.05, 4.69) is 9.97 Å². The lowest BCUT2D eigenvalue weighted by atomic mass is 10.2. The summed E-state index contributed by atoms with van der Waals surface area (Å²) in [6.07, 6.45) is 0. The summed E-state index contributed by atoms with van der Waals surface area (Å²) in [6, 6.07) is 6.69. The van der Waals surface area contributed by atoms with Crippen LogP contribution in [0.5, 0.6) is 0 Å². The van der Waals surface area contributed by atoms with Gasteiger partial charge in [0.05, 0.1) is 16.1 Å². The van der Waals surface area contributed by atoms with Gasteiger partial charge in [0.1, 0.15) is 16.3 Å². The smallest absolute Gasteiger partial charge is 0.292 e. The van der Waals surface area contributed by atoms with Gasteiger partial charge in [-0.2, -0.15) is 0 Å². The van der Waals surface area contributed by atoms with Crippen LogP contribution in [0.2, 0.25) is 0 Å². The Hall–Kier alpha value is -2.92. The van der Waals surface area contributed by atoms with Crippen LogP contribution in [0.1, 0.15) is 10.4 Å². The number of nitrogen functional groups attached to an aromatic ring is 1. The minimum absolute atomic E-state index is 0.00646. The molecule has 1 saturated heterocycles. The fourth-order valence-corrected chi connectivity index (χ4v) is 5.47. The molecule has 1 aromatic carbocycles. The van der Waals surface area contributed by atoms with Gasteiger partial charge in [-0.3, -0.25) is 14.9 Å². The molecule has 3 heterocycles. The standard InChI is InChI=1S/C20H22N6O3S2/c1-12-13(2)31-19-17(12)18(21)22-20(23-19)30-11-16(27)25-9-7-24(8-10-25)14-5-3-4-6-15(14)26(28)29/h3-6H,7-11H2,1-2H3,(H2,21,22,23).